The van der Waals surface area contributed by atoms with Gasteiger partial charge in [0.2, 0.25) is 0 Å². The Kier molecular flexibility index (Phi) is 5.03. The Balaban J connectivity index is 0.000000371. The minimum atomic E-state index is 0.944. The molecule has 1 rings (SSSR count). The molecule has 0 aromatic heterocycles. The number of nitrogens with zero attached hydrogens (tertiary/aromatic N) is 1. The minimum absolute atomic E-state index is 0.944. The highest BCUT2D eigenvalue weighted by atomic mass is 15.1. The molecule has 0 aromatic rings. The Morgan fingerprint density at radius 2 is 2.10 bits per heavy atom. The van der Waals surface area contributed by atoms with Crippen LogP contribution >= 0.6 is 0 Å². The zero-order chi connectivity index (χ0) is 7.98. The standard InChI is InChI=1S/C6H12N2.C2H6/c1-8-4-2-3-6(7)5-8;1-2/h3H,2,4-5,7H2,1H3;1-2H3. The summed E-state index contributed by atoms with van der Waals surface area (Å²) in [5.41, 5.74) is 6.56. The first kappa shape index (κ1) is 9.50. The molecule has 0 radical (unpaired) electrons. The number of likely N-dealkylation sites (N-methyl/N-ethyl adjacent to an activating group) is 1. The molecule has 2 nitrogen and oxygen atoms in total. The van der Waals surface area contributed by atoms with Crippen molar-refractivity contribution >= 4 is 0 Å². The summed E-state index contributed by atoms with van der Waals surface area (Å²) in [5, 5.41) is 0. The van der Waals surface area contributed by atoms with Crippen molar-refractivity contribution in [3.63, 3.8) is 0 Å². The molecule has 0 unspecified atom stereocenters. The Morgan fingerprint density at radius 1 is 1.50 bits per heavy atom. The van der Waals surface area contributed by atoms with Crippen LogP contribution in [0.2, 0.25) is 0 Å². The lowest BCUT2D eigenvalue weighted by molar-refractivity contribution is 0.353. The molecule has 0 atom stereocenters. The second-order valence-electron chi connectivity index (χ2n) is 2.31. The highest BCUT2D eigenvalue weighted by Crippen LogP contribution is 2.00. The minimum Gasteiger partial charge on any atom is -0.401 e. The van der Waals surface area contributed by atoms with E-state index < -0.39 is 0 Å². The third-order valence-electron chi connectivity index (χ3n) is 1.37. The lowest BCUT2D eigenvalue weighted by Crippen LogP contribution is -2.28. The first-order valence-electron chi connectivity index (χ1n) is 3.92. The van der Waals surface area contributed by atoms with Gasteiger partial charge in [0, 0.05) is 18.8 Å². The van der Waals surface area contributed by atoms with E-state index in [0.717, 1.165) is 25.2 Å². The van der Waals surface area contributed by atoms with E-state index in [1.807, 2.05) is 13.8 Å². The summed E-state index contributed by atoms with van der Waals surface area (Å²) < 4.78 is 0. The third kappa shape index (κ3) is 3.51. The van der Waals surface area contributed by atoms with Crippen LogP contribution in [-0.4, -0.2) is 25.0 Å². The Bertz CT molecular complexity index is 108. The van der Waals surface area contributed by atoms with E-state index in [1.165, 1.54) is 0 Å². The summed E-state index contributed by atoms with van der Waals surface area (Å²) >= 11 is 0. The fourth-order valence-electron chi connectivity index (χ4n) is 0.926. The lowest BCUT2D eigenvalue weighted by Gasteiger charge is -2.19. The van der Waals surface area contributed by atoms with Crippen molar-refractivity contribution in [2.45, 2.75) is 20.3 Å². The van der Waals surface area contributed by atoms with Gasteiger partial charge in [0.1, 0.15) is 0 Å². The third-order valence-corrected chi connectivity index (χ3v) is 1.37. The van der Waals surface area contributed by atoms with Gasteiger partial charge in [0.25, 0.3) is 0 Å². The molecule has 0 amide bonds. The topological polar surface area (TPSA) is 29.3 Å². The van der Waals surface area contributed by atoms with Crippen LogP contribution in [0.1, 0.15) is 20.3 Å². The summed E-state index contributed by atoms with van der Waals surface area (Å²) in [6, 6.07) is 0. The molecule has 1 aliphatic rings. The van der Waals surface area contributed by atoms with Crippen molar-refractivity contribution in [1.29, 1.82) is 0 Å². The molecular formula is C8H18N2. The van der Waals surface area contributed by atoms with Crippen LogP contribution in [0.5, 0.6) is 0 Å². The van der Waals surface area contributed by atoms with E-state index in [0.29, 0.717) is 0 Å². The van der Waals surface area contributed by atoms with Gasteiger partial charge in [-0.3, -0.25) is 0 Å². The van der Waals surface area contributed by atoms with Gasteiger partial charge < -0.3 is 10.6 Å². The fourth-order valence-corrected chi connectivity index (χ4v) is 0.926. The second kappa shape index (κ2) is 5.30. The zero-order valence-electron chi connectivity index (χ0n) is 7.22. The highest BCUT2D eigenvalue weighted by Gasteiger charge is 2.02. The molecule has 1 heterocycles. The van der Waals surface area contributed by atoms with Crippen LogP contribution in [0.15, 0.2) is 11.8 Å². The average Bonchev–Trinajstić information content (AvgIpc) is 1.91. The van der Waals surface area contributed by atoms with Gasteiger partial charge >= 0.3 is 0 Å². The quantitative estimate of drug-likeness (QED) is 0.550. The number of hydrogen-bond donors (Lipinski definition) is 1. The fraction of sp³-hybridized carbons (Fsp3) is 0.750. The molecule has 0 aliphatic carbocycles. The van der Waals surface area contributed by atoms with E-state index >= 15 is 0 Å². The highest BCUT2D eigenvalue weighted by molar-refractivity contribution is 5.02. The summed E-state index contributed by atoms with van der Waals surface area (Å²) in [6.45, 7) is 6.10. The average molecular weight is 142 g/mol. The number of rotatable bonds is 0. The van der Waals surface area contributed by atoms with Crippen LogP contribution in [0.25, 0.3) is 0 Å². The van der Waals surface area contributed by atoms with Gasteiger partial charge in [0.05, 0.1) is 0 Å². The first-order chi connectivity index (χ1) is 4.79. The molecule has 0 spiro atoms. The maximum Gasteiger partial charge on any atom is 0.0373 e. The van der Waals surface area contributed by atoms with Crippen LogP contribution in [0.3, 0.4) is 0 Å². The van der Waals surface area contributed by atoms with E-state index in [9.17, 15) is 0 Å². The smallest absolute Gasteiger partial charge is 0.0373 e. The Morgan fingerprint density at radius 3 is 2.40 bits per heavy atom. The van der Waals surface area contributed by atoms with E-state index in [4.69, 9.17) is 5.73 Å². The van der Waals surface area contributed by atoms with Crippen LogP contribution < -0.4 is 5.73 Å². The molecule has 0 fully saturated rings. The van der Waals surface area contributed by atoms with E-state index in [-0.39, 0.29) is 0 Å². The molecule has 2 heteroatoms. The predicted molar refractivity (Wildman–Crippen MR) is 45.7 cm³/mol. The first-order valence-corrected chi connectivity index (χ1v) is 3.92. The lowest BCUT2D eigenvalue weighted by atomic mass is 10.2. The predicted octanol–water partition coefficient (Wildman–Crippen LogP) is 1.19. The number of hydrogen-bond acceptors (Lipinski definition) is 2. The second-order valence-corrected chi connectivity index (χ2v) is 2.31. The van der Waals surface area contributed by atoms with Crippen LogP contribution in [-0.2, 0) is 0 Å². The van der Waals surface area contributed by atoms with Gasteiger partial charge in [-0.25, -0.2) is 0 Å². The van der Waals surface area contributed by atoms with Gasteiger partial charge in [0.15, 0.2) is 0 Å². The van der Waals surface area contributed by atoms with Crippen LogP contribution in [0, 0.1) is 0 Å². The van der Waals surface area contributed by atoms with Crippen molar-refractivity contribution < 1.29 is 0 Å². The molecule has 0 saturated carbocycles. The summed E-state index contributed by atoms with van der Waals surface area (Å²) in [5.74, 6) is 0. The summed E-state index contributed by atoms with van der Waals surface area (Å²) in [6.07, 6.45) is 3.21. The molecule has 1 aliphatic heterocycles. The molecule has 2 N–H and O–H groups in total. The summed E-state index contributed by atoms with van der Waals surface area (Å²) in [7, 11) is 2.08. The maximum absolute atomic E-state index is 5.54. The van der Waals surface area contributed by atoms with E-state index in [1.54, 1.807) is 0 Å². The van der Waals surface area contributed by atoms with Gasteiger partial charge in [-0.05, 0) is 13.5 Å². The SMILES string of the molecule is CC.CN1CCC=C(N)C1. The Hall–Kier alpha value is -0.500. The molecular weight excluding hydrogens is 124 g/mol. The number of nitrogens with two attached hydrogens (primary N) is 1. The van der Waals surface area contributed by atoms with Gasteiger partial charge in [-0.15, -0.1) is 0 Å². The van der Waals surface area contributed by atoms with Crippen molar-refractivity contribution in [2.75, 3.05) is 20.1 Å². The van der Waals surface area contributed by atoms with Crippen molar-refractivity contribution in [1.82, 2.24) is 4.90 Å². The molecule has 0 aromatic carbocycles. The molecule has 10 heavy (non-hydrogen) atoms. The molecule has 0 saturated heterocycles. The van der Waals surface area contributed by atoms with E-state index in [2.05, 4.69) is 18.0 Å². The largest absolute Gasteiger partial charge is 0.401 e. The normalized spacial score (nSPS) is 18.9. The maximum atomic E-state index is 5.54. The zero-order valence-corrected chi connectivity index (χ0v) is 7.22. The molecule has 60 valence electrons. The van der Waals surface area contributed by atoms with Crippen molar-refractivity contribution in [3.05, 3.63) is 11.8 Å². The van der Waals surface area contributed by atoms with Crippen molar-refractivity contribution in [2.24, 2.45) is 5.73 Å². The van der Waals surface area contributed by atoms with Crippen molar-refractivity contribution in [3.8, 4) is 0 Å². The van der Waals surface area contributed by atoms with Gasteiger partial charge in [-0.1, -0.05) is 19.9 Å². The van der Waals surface area contributed by atoms with Gasteiger partial charge in [-0.2, -0.15) is 0 Å². The Labute approximate surface area is 63.7 Å². The van der Waals surface area contributed by atoms with Crippen LogP contribution in [0.4, 0.5) is 0 Å². The summed E-state index contributed by atoms with van der Waals surface area (Å²) in [4.78, 5) is 2.22. The monoisotopic (exact) mass is 142 g/mol. The molecule has 0 bridgehead atoms.